The highest BCUT2D eigenvalue weighted by Crippen LogP contribution is 2.65. The van der Waals surface area contributed by atoms with Gasteiger partial charge in [-0.1, -0.05) is 170 Å². The molecule has 12 rings (SSSR count). The summed E-state index contributed by atoms with van der Waals surface area (Å²) >= 11 is 0. The van der Waals surface area contributed by atoms with Gasteiger partial charge in [-0.25, -0.2) is 15.0 Å². The van der Waals surface area contributed by atoms with Gasteiger partial charge in [0.15, 0.2) is 17.5 Å². The van der Waals surface area contributed by atoms with Gasteiger partial charge in [-0.15, -0.1) is 0 Å². The Labute approximate surface area is 324 Å². The van der Waals surface area contributed by atoms with Gasteiger partial charge in [0.25, 0.3) is 0 Å². The molecule has 1 spiro atoms. The van der Waals surface area contributed by atoms with Crippen LogP contribution in [0.1, 0.15) is 22.3 Å². The van der Waals surface area contributed by atoms with Crippen LogP contribution in [0.5, 0.6) is 0 Å². The molecule has 1 atom stereocenters. The molecule has 0 saturated heterocycles. The molecule has 8 aromatic carbocycles. The maximum absolute atomic E-state index is 5.18. The predicted molar refractivity (Wildman–Crippen MR) is 227 cm³/mol. The summed E-state index contributed by atoms with van der Waals surface area (Å²) in [5.41, 5.74) is 16.0. The second-order valence-corrected chi connectivity index (χ2v) is 14.7. The van der Waals surface area contributed by atoms with Crippen molar-refractivity contribution in [2.24, 2.45) is 0 Å². The third-order valence-electron chi connectivity index (χ3n) is 11.8. The van der Waals surface area contributed by atoms with Gasteiger partial charge in [0.2, 0.25) is 0 Å². The molecular weight excluding hydrogens is 681 g/mol. The highest BCUT2D eigenvalue weighted by Gasteiger charge is 2.53. The van der Waals surface area contributed by atoms with E-state index < -0.39 is 5.41 Å². The summed E-state index contributed by atoms with van der Waals surface area (Å²) in [6.45, 7) is 0. The number of nitrogens with zero attached hydrogens (tertiary/aromatic N) is 4. The first-order valence-electron chi connectivity index (χ1n) is 19.1. The number of para-hydroxylation sites is 2. The minimum atomic E-state index is -0.605. The van der Waals surface area contributed by atoms with E-state index in [1.165, 1.54) is 66.3 Å². The van der Waals surface area contributed by atoms with Gasteiger partial charge in [-0.05, 0) is 63.2 Å². The third-order valence-corrected chi connectivity index (χ3v) is 11.8. The van der Waals surface area contributed by atoms with Crippen LogP contribution in [0.2, 0.25) is 0 Å². The lowest BCUT2D eigenvalue weighted by molar-refractivity contribution is 0.797. The molecule has 0 N–H and O–H groups in total. The molecule has 2 heterocycles. The van der Waals surface area contributed by atoms with Crippen molar-refractivity contribution in [1.29, 1.82) is 0 Å². The molecule has 2 aliphatic rings. The van der Waals surface area contributed by atoms with Gasteiger partial charge in [0.05, 0.1) is 16.4 Å². The van der Waals surface area contributed by atoms with Crippen molar-refractivity contribution in [2.45, 2.75) is 5.41 Å². The van der Waals surface area contributed by atoms with Crippen LogP contribution in [-0.2, 0) is 5.41 Å². The van der Waals surface area contributed by atoms with E-state index in [-0.39, 0.29) is 0 Å². The van der Waals surface area contributed by atoms with E-state index >= 15 is 0 Å². The van der Waals surface area contributed by atoms with Crippen molar-refractivity contribution in [2.75, 3.05) is 0 Å². The maximum atomic E-state index is 5.18. The normalized spacial score (nSPS) is 14.9. The van der Waals surface area contributed by atoms with Gasteiger partial charge < -0.3 is 4.57 Å². The van der Waals surface area contributed by atoms with Crippen molar-refractivity contribution >= 4 is 21.8 Å². The standard InChI is InChI=1S/C52H32N4/c1-4-16-33(17-5-1)49-53-50(34-18-6-2-7-19-34)55-51(54-49)35-28-29-39-37-22-10-13-25-43(37)52(45(39)32-35)44-26-14-11-23-38(44)41-30-31-42-40-24-12-15-27-46(40)56(48(42)47(41)52)36-20-8-3-9-21-36/h1-32H. The molecule has 2 aromatic heterocycles. The minimum absolute atomic E-state index is 0.605. The Balaban J connectivity index is 1.20. The SMILES string of the molecule is c1ccc(-c2nc(-c3ccccc3)nc(-c3ccc4c(c3)C3(c5ccccc5-4)c4ccccc4-c4ccc5c6ccccc6n(-c6ccccc6)c5c43)n2)cc1. The summed E-state index contributed by atoms with van der Waals surface area (Å²) in [4.78, 5) is 15.4. The lowest BCUT2D eigenvalue weighted by atomic mass is 9.70. The molecule has 260 valence electrons. The van der Waals surface area contributed by atoms with Crippen LogP contribution in [0.4, 0.5) is 0 Å². The Bertz CT molecular complexity index is 3110. The Morgan fingerprint density at radius 1 is 0.357 bits per heavy atom. The zero-order valence-electron chi connectivity index (χ0n) is 30.3. The van der Waals surface area contributed by atoms with E-state index in [1.54, 1.807) is 0 Å². The van der Waals surface area contributed by atoms with Crippen LogP contribution in [0.3, 0.4) is 0 Å². The van der Waals surface area contributed by atoms with E-state index in [2.05, 4.69) is 162 Å². The number of rotatable bonds is 4. The fourth-order valence-electron chi connectivity index (χ4n) is 9.60. The van der Waals surface area contributed by atoms with Gasteiger partial charge in [0.1, 0.15) is 0 Å². The minimum Gasteiger partial charge on any atom is -0.309 e. The second kappa shape index (κ2) is 11.8. The Morgan fingerprint density at radius 2 is 0.857 bits per heavy atom. The number of hydrogen-bond donors (Lipinski definition) is 0. The molecule has 56 heavy (non-hydrogen) atoms. The smallest absolute Gasteiger partial charge is 0.164 e. The van der Waals surface area contributed by atoms with Crippen LogP contribution in [0.25, 0.3) is 83.9 Å². The Kier molecular flexibility index (Phi) is 6.52. The quantitative estimate of drug-likeness (QED) is 0.182. The summed E-state index contributed by atoms with van der Waals surface area (Å²) in [5.74, 6) is 1.95. The molecule has 0 radical (unpaired) electrons. The fourth-order valence-corrected chi connectivity index (χ4v) is 9.60. The molecule has 4 nitrogen and oxygen atoms in total. The number of hydrogen-bond acceptors (Lipinski definition) is 3. The topological polar surface area (TPSA) is 43.6 Å². The average Bonchev–Trinajstić information content (AvgIpc) is 3.89. The van der Waals surface area contributed by atoms with Crippen LogP contribution >= 0.6 is 0 Å². The second-order valence-electron chi connectivity index (χ2n) is 14.7. The third kappa shape index (κ3) is 4.21. The molecule has 0 saturated carbocycles. The number of benzene rings is 8. The molecular formula is C52H32N4. The molecule has 0 fully saturated rings. The Hall–Kier alpha value is -7.43. The van der Waals surface area contributed by atoms with Gasteiger partial charge >= 0.3 is 0 Å². The highest BCUT2D eigenvalue weighted by atomic mass is 15.0. The first kappa shape index (κ1) is 31.0. The van der Waals surface area contributed by atoms with Crippen molar-refractivity contribution in [3.63, 3.8) is 0 Å². The van der Waals surface area contributed by atoms with Crippen LogP contribution in [0.15, 0.2) is 194 Å². The van der Waals surface area contributed by atoms with Gasteiger partial charge in [0, 0.05) is 38.7 Å². The first-order chi connectivity index (χ1) is 27.8. The summed E-state index contributed by atoms with van der Waals surface area (Å²) in [6, 6.07) is 69.6. The molecule has 0 bridgehead atoms. The van der Waals surface area contributed by atoms with Crippen LogP contribution in [0, 0.1) is 0 Å². The van der Waals surface area contributed by atoms with Crippen molar-refractivity contribution in [3.8, 4) is 62.1 Å². The first-order valence-corrected chi connectivity index (χ1v) is 19.1. The Morgan fingerprint density at radius 3 is 1.52 bits per heavy atom. The maximum Gasteiger partial charge on any atom is 0.164 e. The summed E-state index contributed by atoms with van der Waals surface area (Å²) in [7, 11) is 0. The van der Waals surface area contributed by atoms with E-state index in [1.807, 2.05) is 36.4 Å². The van der Waals surface area contributed by atoms with E-state index in [4.69, 9.17) is 15.0 Å². The lowest BCUT2D eigenvalue weighted by Crippen LogP contribution is -2.26. The van der Waals surface area contributed by atoms with E-state index in [0.29, 0.717) is 17.5 Å². The number of fused-ring (bicyclic) bond motifs is 14. The molecule has 2 aliphatic carbocycles. The van der Waals surface area contributed by atoms with Crippen LogP contribution in [-0.4, -0.2) is 19.5 Å². The summed E-state index contributed by atoms with van der Waals surface area (Å²) in [6.07, 6.45) is 0. The molecule has 1 unspecified atom stereocenters. The van der Waals surface area contributed by atoms with Crippen LogP contribution < -0.4 is 0 Å². The molecule has 0 aliphatic heterocycles. The van der Waals surface area contributed by atoms with Gasteiger partial charge in [-0.2, -0.15) is 0 Å². The lowest BCUT2D eigenvalue weighted by Gasteiger charge is -2.31. The predicted octanol–water partition coefficient (Wildman–Crippen LogP) is 12.3. The zero-order chi connectivity index (χ0) is 36.8. The highest BCUT2D eigenvalue weighted by molar-refractivity contribution is 6.14. The van der Waals surface area contributed by atoms with Crippen molar-refractivity contribution in [1.82, 2.24) is 19.5 Å². The number of aromatic nitrogens is 4. The van der Waals surface area contributed by atoms with Gasteiger partial charge in [-0.3, -0.25) is 0 Å². The summed E-state index contributed by atoms with van der Waals surface area (Å²) < 4.78 is 2.49. The summed E-state index contributed by atoms with van der Waals surface area (Å²) in [5, 5.41) is 2.49. The van der Waals surface area contributed by atoms with E-state index in [0.717, 1.165) is 22.4 Å². The zero-order valence-corrected chi connectivity index (χ0v) is 30.3. The monoisotopic (exact) mass is 712 g/mol. The molecule has 10 aromatic rings. The average molecular weight is 713 g/mol. The van der Waals surface area contributed by atoms with Crippen molar-refractivity contribution in [3.05, 3.63) is 216 Å². The van der Waals surface area contributed by atoms with E-state index in [9.17, 15) is 0 Å². The largest absolute Gasteiger partial charge is 0.309 e. The fraction of sp³-hybridized carbons (Fsp3) is 0.0192. The van der Waals surface area contributed by atoms with Crippen molar-refractivity contribution < 1.29 is 0 Å². The molecule has 0 amide bonds. The molecule has 4 heteroatoms.